The minimum Gasteiger partial charge on any atom is -0.383 e. The van der Waals surface area contributed by atoms with E-state index >= 15 is 0 Å². The molecule has 4 N–H and O–H groups in total. The highest BCUT2D eigenvalue weighted by molar-refractivity contribution is 5.42. The van der Waals surface area contributed by atoms with Crippen molar-refractivity contribution in [3.05, 3.63) is 23.4 Å². The van der Waals surface area contributed by atoms with Crippen LogP contribution in [0, 0.1) is 6.92 Å². The van der Waals surface area contributed by atoms with E-state index in [1.165, 1.54) is 0 Å². The van der Waals surface area contributed by atoms with Crippen LogP contribution >= 0.6 is 0 Å². The molecule has 96 valence electrons. The molecule has 6 heteroatoms. The number of halogens is 2. The number of hydrogen-bond donors (Lipinski definition) is 2. The number of alkyl halides is 2. The van der Waals surface area contributed by atoms with E-state index in [1.54, 1.807) is 6.20 Å². The molecule has 0 fully saturated rings. The number of ether oxygens (including phenoxy) is 1. The van der Waals surface area contributed by atoms with Gasteiger partial charge in [0.15, 0.2) is 0 Å². The summed E-state index contributed by atoms with van der Waals surface area (Å²) >= 11 is 0. The zero-order valence-corrected chi connectivity index (χ0v) is 9.70. The molecule has 0 aliphatic carbocycles. The van der Waals surface area contributed by atoms with Gasteiger partial charge in [-0.1, -0.05) is 0 Å². The Morgan fingerprint density at radius 1 is 1.47 bits per heavy atom. The van der Waals surface area contributed by atoms with Gasteiger partial charge < -0.3 is 16.2 Å². The summed E-state index contributed by atoms with van der Waals surface area (Å²) in [4.78, 5) is 3.99. The van der Waals surface area contributed by atoms with E-state index in [2.05, 4.69) is 4.98 Å². The summed E-state index contributed by atoms with van der Waals surface area (Å²) in [6.07, 6.45) is -0.363. The Hall–Kier alpha value is -1.27. The molecule has 1 aromatic heterocycles. The molecule has 1 heterocycles. The first-order chi connectivity index (χ1) is 8.00. The number of aromatic nitrogens is 1. The zero-order valence-electron chi connectivity index (χ0n) is 9.70. The smallest absolute Gasteiger partial charge is 0.261 e. The van der Waals surface area contributed by atoms with Gasteiger partial charge in [0, 0.05) is 24.4 Å². The third kappa shape index (κ3) is 4.62. The van der Waals surface area contributed by atoms with Crippen molar-refractivity contribution < 1.29 is 13.5 Å². The van der Waals surface area contributed by atoms with Gasteiger partial charge in [0.25, 0.3) is 6.43 Å². The minimum atomic E-state index is -2.45. The quantitative estimate of drug-likeness (QED) is 0.747. The van der Waals surface area contributed by atoms with Crippen molar-refractivity contribution in [2.45, 2.75) is 25.8 Å². The van der Waals surface area contributed by atoms with E-state index in [0.717, 1.165) is 11.1 Å². The second-order valence-electron chi connectivity index (χ2n) is 3.85. The maximum Gasteiger partial charge on any atom is 0.261 e. The number of hydrogen-bond acceptors (Lipinski definition) is 4. The summed E-state index contributed by atoms with van der Waals surface area (Å²) in [5.74, 6) is 0.372. The minimum absolute atomic E-state index is 0.179. The molecule has 0 amide bonds. The van der Waals surface area contributed by atoms with Crippen molar-refractivity contribution >= 4 is 5.82 Å². The van der Waals surface area contributed by atoms with Crippen LogP contribution in [-0.4, -0.2) is 24.6 Å². The van der Waals surface area contributed by atoms with Gasteiger partial charge in [0.05, 0.1) is 0 Å². The van der Waals surface area contributed by atoms with Crippen molar-refractivity contribution in [2.24, 2.45) is 5.73 Å². The highest BCUT2D eigenvalue weighted by Gasteiger charge is 2.11. The molecule has 0 aromatic carbocycles. The fraction of sp³-hybridized carbons (Fsp3) is 0.545. The summed E-state index contributed by atoms with van der Waals surface area (Å²) in [5, 5.41) is 0. The molecule has 1 atom stereocenters. The van der Waals surface area contributed by atoms with Gasteiger partial charge in [-0.15, -0.1) is 0 Å². The highest BCUT2D eigenvalue weighted by Crippen LogP contribution is 2.20. The van der Waals surface area contributed by atoms with Gasteiger partial charge in [-0.2, -0.15) is 0 Å². The topological polar surface area (TPSA) is 74.2 Å². The summed E-state index contributed by atoms with van der Waals surface area (Å²) in [5.41, 5.74) is 13.3. The average Bonchev–Trinajstić information content (AvgIpc) is 2.27. The predicted molar refractivity (Wildman–Crippen MR) is 61.8 cm³/mol. The highest BCUT2D eigenvalue weighted by atomic mass is 19.3. The van der Waals surface area contributed by atoms with Gasteiger partial charge >= 0.3 is 0 Å². The van der Waals surface area contributed by atoms with Crippen LogP contribution in [0.1, 0.15) is 23.6 Å². The van der Waals surface area contributed by atoms with E-state index in [0.29, 0.717) is 12.2 Å². The van der Waals surface area contributed by atoms with Crippen molar-refractivity contribution in [3.63, 3.8) is 0 Å². The second kappa shape index (κ2) is 6.46. The first kappa shape index (κ1) is 13.8. The number of rotatable bonds is 6. The van der Waals surface area contributed by atoms with Crippen LogP contribution < -0.4 is 11.5 Å². The van der Waals surface area contributed by atoms with Crippen LogP contribution in [0.4, 0.5) is 14.6 Å². The average molecular weight is 245 g/mol. The fourth-order valence-corrected chi connectivity index (χ4v) is 1.44. The maximum absolute atomic E-state index is 11.8. The first-order valence-electron chi connectivity index (χ1n) is 5.34. The zero-order chi connectivity index (χ0) is 12.8. The van der Waals surface area contributed by atoms with E-state index in [9.17, 15) is 8.78 Å². The van der Waals surface area contributed by atoms with Gasteiger partial charge in [-0.25, -0.2) is 13.8 Å². The Balaban J connectivity index is 2.46. The Labute approximate surface area is 99.0 Å². The Bertz CT molecular complexity index is 361. The van der Waals surface area contributed by atoms with Gasteiger partial charge in [0.2, 0.25) is 0 Å². The molecule has 0 saturated heterocycles. The molecule has 0 saturated carbocycles. The lowest BCUT2D eigenvalue weighted by Gasteiger charge is -2.14. The predicted octanol–water partition coefficient (Wildman–Crippen LogP) is 1.64. The lowest BCUT2D eigenvalue weighted by atomic mass is 10.0. The first-order valence-corrected chi connectivity index (χ1v) is 5.34. The normalized spacial score (nSPS) is 13.0. The number of pyridine rings is 1. The Morgan fingerprint density at radius 2 is 2.18 bits per heavy atom. The van der Waals surface area contributed by atoms with Crippen LogP contribution in [0.3, 0.4) is 0 Å². The lowest BCUT2D eigenvalue weighted by molar-refractivity contribution is 0.0152. The van der Waals surface area contributed by atoms with Crippen molar-refractivity contribution in [2.75, 3.05) is 18.9 Å². The van der Waals surface area contributed by atoms with E-state index in [1.807, 2.05) is 13.0 Å². The molecule has 17 heavy (non-hydrogen) atoms. The molecule has 0 spiro atoms. The van der Waals surface area contributed by atoms with Crippen molar-refractivity contribution in [1.29, 1.82) is 0 Å². The third-order valence-electron chi connectivity index (χ3n) is 2.30. The third-order valence-corrected chi connectivity index (χ3v) is 2.30. The van der Waals surface area contributed by atoms with Crippen molar-refractivity contribution in [3.8, 4) is 0 Å². The second-order valence-corrected chi connectivity index (χ2v) is 3.85. The summed E-state index contributed by atoms with van der Waals surface area (Å²) in [6, 6.07) is 1.50. The SMILES string of the molecule is Cc1cnc(N)c(C(N)CCOCC(F)F)c1. The van der Waals surface area contributed by atoms with E-state index in [4.69, 9.17) is 16.2 Å². The molecule has 1 aromatic rings. The monoisotopic (exact) mass is 245 g/mol. The lowest BCUT2D eigenvalue weighted by Crippen LogP contribution is -2.17. The van der Waals surface area contributed by atoms with Gasteiger partial charge in [-0.05, 0) is 25.0 Å². The molecule has 1 rings (SSSR count). The van der Waals surface area contributed by atoms with E-state index in [-0.39, 0.29) is 12.6 Å². The Kier molecular flexibility index (Phi) is 5.24. The number of nitrogens with zero attached hydrogens (tertiary/aromatic N) is 1. The molecule has 4 nitrogen and oxygen atoms in total. The van der Waals surface area contributed by atoms with Gasteiger partial charge in [-0.3, -0.25) is 0 Å². The summed E-state index contributed by atoms with van der Waals surface area (Å²) in [6.45, 7) is 1.50. The van der Waals surface area contributed by atoms with Crippen LogP contribution in [0.5, 0.6) is 0 Å². The number of aryl methyl sites for hydroxylation is 1. The molecule has 1 unspecified atom stereocenters. The number of anilines is 1. The standard InChI is InChI=1S/C11H17F2N3O/c1-7-4-8(11(15)16-5-7)9(14)2-3-17-6-10(12)13/h4-5,9-10H,2-3,6,14H2,1H3,(H2,15,16). The summed E-state index contributed by atoms with van der Waals surface area (Å²) in [7, 11) is 0. The van der Waals surface area contributed by atoms with Crippen LogP contribution in [-0.2, 0) is 4.74 Å². The molecular weight excluding hydrogens is 228 g/mol. The Morgan fingerprint density at radius 3 is 2.82 bits per heavy atom. The van der Waals surface area contributed by atoms with Crippen LogP contribution in [0.15, 0.2) is 12.3 Å². The van der Waals surface area contributed by atoms with Crippen LogP contribution in [0.2, 0.25) is 0 Å². The molecule has 0 radical (unpaired) electrons. The molecular formula is C11H17F2N3O. The maximum atomic E-state index is 11.8. The molecule has 0 bridgehead atoms. The molecule has 0 aliphatic rings. The van der Waals surface area contributed by atoms with Crippen LogP contribution in [0.25, 0.3) is 0 Å². The molecule has 0 aliphatic heterocycles. The number of nitrogens with two attached hydrogens (primary N) is 2. The van der Waals surface area contributed by atoms with Crippen molar-refractivity contribution in [1.82, 2.24) is 4.98 Å². The summed E-state index contributed by atoms with van der Waals surface area (Å²) < 4.78 is 28.4. The van der Waals surface area contributed by atoms with E-state index < -0.39 is 13.0 Å². The fourth-order valence-electron chi connectivity index (χ4n) is 1.44. The largest absolute Gasteiger partial charge is 0.383 e. The number of nitrogen functional groups attached to an aromatic ring is 1. The van der Waals surface area contributed by atoms with Gasteiger partial charge in [0.1, 0.15) is 12.4 Å².